The number of rotatable bonds is 3. The lowest BCUT2D eigenvalue weighted by Crippen LogP contribution is -2.38. The van der Waals surface area contributed by atoms with Crippen LogP contribution in [-0.2, 0) is 11.2 Å². The van der Waals surface area contributed by atoms with Gasteiger partial charge in [-0.3, -0.25) is 0 Å². The van der Waals surface area contributed by atoms with Crippen molar-refractivity contribution >= 4 is 11.5 Å². The largest absolute Gasteiger partial charge is 0.466 e. The molecule has 3 aromatic heterocycles. The van der Waals surface area contributed by atoms with Crippen LogP contribution in [0.25, 0.3) is 16.9 Å². The number of hydrogen-bond donors (Lipinski definition) is 0. The lowest BCUT2D eigenvalue weighted by molar-refractivity contribution is 0.122. The normalized spacial score (nSPS) is 15.3. The highest BCUT2D eigenvalue weighted by Crippen LogP contribution is 2.30. The quantitative estimate of drug-likeness (QED) is 0.732. The summed E-state index contributed by atoms with van der Waals surface area (Å²) in [5.41, 5.74) is 5.15. The van der Waals surface area contributed by atoms with Gasteiger partial charge in [0.25, 0.3) is 0 Å². The molecule has 0 aliphatic carbocycles. The van der Waals surface area contributed by atoms with Gasteiger partial charge in [-0.2, -0.15) is 9.61 Å². The molecule has 25 heavy (non-hydrogen) atoms. The van der Waals surface area contributed by atoms with E-state index < -0.39 is 0 Å². The summed E-state index contributed by atoms with van der Waals surface area (Å²) in [7, 11) is 0. The average Bonchev–Trinajstić information content (AvgIpc) is 3.16. The Hall–Kier alpha value is -2.34. The fourth-order valence-corrected chi connectivity index (χ4v) is 3.67. The summed E-state index contributed by atoms with van der Waals surface area (Å²) in [4.78, 5) is 7.17. The highest BCUT2D eigenvalue weighted by molar-refractivity contribution is 5.69. The van der Waals surface area contributed by atoms with Gasteiger partial charge < -0.3 is 14.1 Å². The fraction of sp³-hybridized carbons (Fsp3) is 0.474. The van der Waals surface area contributed by atoms with Crippen molar-refractivity contribution in [2.75, 3.05) is 31.2 Å². The van der Waals surface area contributed by atoms with Crippen molar-refractivity contribution < 1.29 is 9.15 Å². The van der Waals surface area contributed by atoms with Crippen LogP contribution in [0.3, 0.4) is 0 Å². The van der Waals surface area contributed by atoms with Crippen molar-refractivity contribution in [2.45, 2.75) is 34.1 Å². The molecular weight excluding hydrogens is 316 g/mol. The molecule has 1 fully saturated rings. The zero-order valence-electron chi connectivity index (χ0n) is 15.3. The third kappa shape index (κ3) is 2.70. The standard InChI is InChI=1S/C19H24N4O2/c1-5-15-13(3)20-18-11-17(16-10-12(2)25-14(16)4)21-23(18)19(15)22-6-8-24-9-7-22/h10-11H,5-9H2,1-4H3. The van der Waals surface area contributed by atoms with E-state index >= 15 is 0 Å². The molecule has 0 unspecified atom stereocenters. The Morgan fingerprint density at radius 3 is 2.52 bits per heavy atom. The smallest absolute Gasteiger partial charge is 0.158 e. The Labute approximate surface area is 147 Å². The van der Waals surface area contributed by atoms with Crippen LogP contribution in [-0.4, -0.2) is 40.9 Å². The molecule has 0 amide bonds. The maximum atomic E-state index is 5.68. The SMILES string of the molecule is CCc1c(C)nc2cc(-c3cc(C)oc3C)nn2c1N1CCOCC1. The zero-order valence-corrected chi connectivity index (χ0v) is 15.3. The first-order valence-corrected chi connectivity index (χ1v) is 8.88. The molecule has 4 heterocycles. The summed E-state index contributed by atoms with van der Waals surface area (Å²) < 4.78 is 13.2. The molecule has 4 rings (SSSR count). The highest BCUT2D eigenvalue weighted by atomic mass is 16.5. The second-order valence-electron chi connectivity index (χ2n) is 6.58. The molecule has 0 saturated carbocycles. The van der Waals surface area contributed by atoms with E-state index in [1.54, 1.807) is 0 Å². The second-order valence-corrected chi connectivity index (χ2v) is 6.58. The Bertz CT molecular complexity index is 919. The van der Waals surface area contributed by atoms with Crippen LogP contribution in [0.2, 0.25) is 0 Å². The number of furan rings is 1. The molecule has 0 spiro atoms. The number of anilines is 1. The van der Waals surface area contributed by atoms with E-state index in [1.165, 1.54) is 5.56 Å². The van der Waals surface area contributed by atoms with Crippen molar-refractivity contribution in [1.82, 2.24) is 14.6 Å². The molecule has 3 aromatic rings. The van der Waals surface area contributed by atoms with Crippen molar-refractivity contribution in [3.8, 4) is 11.3 Å². The molecule has 0 N–H and O–H groups in total. The Balaban J connectivity index is 1.92. The summed E-state index contributed by atoms with van der Waals surface area (Å²) in [6, 6.07) is 4.09. The van der Waals surface area contributed by atoms with E-state index in [2.05, 4.69) is 18.7 Å². The third-order valence-electron chi connectivity index (χ3n) is 4.86. The fourth-order valence-electron chi connectivity index (χ4n) is 3.67. The van der Waals surface area contributed by atoms with Crippen molar-refractivity contribution in [1.29, 1.82) is 0 Å². The van der Waals surface area contributed by atoms with Crippen molar-refractivity contribution in [3.63, 3.8) is 0 Å². The van der Waals surface area contributed by atoms with E-state index in [-0.39, 0.29) is 0 Å². The molecule has 1 aliphatic rings. The van der Waals surface area contributed by atoms with Gasteiger partial charge in [0.2, 0.25) is 0 Å². The molecule has 6 nitrogen and oxygen atoms in total. The number of aryl methyl sites for hydroxylation is 3. The van der Waals surface area contributed by atoms with Gasteiger partial charge in [0.15, 0.2) is 5.65 Å². The maximum absolute atomic E-state index is 5.68. The van der Waals surface area contributed by atoms with Gasteiger partial charge in [-0.25, -0.2) is 4.98 Å². The van der Waals surface area contributed by atoms with E-state index in [4.69, 9.17) is 19.2 Å². The van der Waals surface area contributed by atoms with Gasteiger partial charge in [-0.05, 0) is 33.3 Å². The van der Waals surface area contributed by atoms with Gasteiger partial charge in [-0.1, -0.05) is 6.92 Å². The first-order valence-electron chi connectivity index (χ1n) is 8.88. The predicted molar refractivity (Wildman–Crippen MR) is 97.3 cm³/mol. The molecule has 0 bridgehead atoms. The molecule has 0 atom stereocenters. The summed E-state index contributed by atoms with van der Waals surface area (Å²) >= 11 is 0. The average molecular weight is 340 g/mol. The first-order chi connectivity index (χ1) is 12.1. The maximum Gasteiger partial charge on any atom is 0.158 e. The first kappa shape index (κ1) is 16.1. The molecule has 0 aromatic carbocycles. The predicted octanol–water partition coefficient (Wildman–Crippen LogP) is 3.31. The van der Waals surface area contributed by atoms with Crippen molar-refractivity contribution in [3.05, 3.63) is 34.9 Å². The second kappa shape index (κ2) is 6.19. The number of aromatic nitrogens is 3. The molecule has 1 aliphatic heterocycles. The number of nitrogens with zero attached hydrogens (tertiary/aromatic N) is 4. The summed E-state index contributed by atoms with van der Waals surface area (Å²) in [6.07, 6.45) is 0.931. The van der Waals surface area contributed by atoms with E-state index in [9.17, 15) is 0 Å². The lowest BCUT2D eigenvalue weighted by atomic mass is 10.1. The topological polar surface area (TPSA) is 55.8 Å². The number of morpholine rings is 1. The van der Waals surface area contributed by atoms with Crippen LogP contribution in [0.1, 0.15) is 29.7 Å². The highest BCUT2D eigenvalue weighted by Gasteiger charge is 2.22. The summed E-state index contributed by atoms with van der Waals surface area (Å²) in [5.74, 6) is 2.94. The van der Waals surface area contributed by atoms with Crippen LogP contribution in [0.5, 0.6) is 0 Å². The molecule has 6 heteroatoms. The number of hydrogen-bond acceptors (Lipinski definition) is 5. The van der Waals surface area contributed by atoms with Crippen LogP contribution in [0.4, 0.5) is 5.82 Å². The Kier molecular flexibility index (Phi) is 4.00. The number of fused-ring (bicyclic) bond motifs is 1. The van der Waals surface area contributed by atoms with Crippen LogP contribution >= 0.6 is 0 Å². The Morgan fingerprint density at radius 1 is 1.12 bits per heavy atom. The van der Waals surface area contributed by atoms with Gasteiger partial charge in [0, 0.05) is 36.0 Å². The van der Waals surface area contributed by atoms with Gasteiger partial charge >= 0.3 is 0 Å². The van der Waals surface area contributed by atoms with Crippen molar-refractivity contribution in [2.24, 2.45) is 0 Å². The zero-order chi connectivity index (χ0) is 17.6. The van der Waals surface area contributed by atoms with Gasteiger partial charge in [0.1, 0.15) is 17.3 Å². The van der Waals surface area contributed by atoms with Crippen LogP contribution in [0, 0.1) is 20.8 Å². The van der Waals surface area contributed by atoms with Gasteiger partial charge in [-0.15, -0.1) is 0 Å². The number of ether oxygens (including phenoxy) is 1. The Morgan fingerprint density at radius 2 is 1.88 bits per heavy atom. The molecule has 132 valence electrons. The minimum atomic E-state index is 0.750. The molecular formula is C19H24N4O2. The monoisotopic (exact) mass is 340 g/mol. The van der Waals surface area contributed by atoms with Gasteiger partial charge in [0.05, 0.1) is 18.9 Å². The van der Waals surface area contributed by atoms with Crippen LogP contribution < -0.4 is 4.90 Å². The van der Waals surface area contributed by atoms with Crippen LogP contribution in [0.15, 0.2) is 16.5 Å². The molecule has 1 saturated heterocycles. The minimum Gasteiger partial charge on any atom is -0.466 e. The van der Waals surface area contributed by atoms with E-state index in [0.717, 1.165) is 72.7 Å². The molecule has 0 radical (unpaired) electrons. The summed E-state index contributed by atoms with van der Waals surface area (Å²) in [5, 5.41) is 4.89. The summed E-state index contributed by atoms with van der Waals surface area (Å²) in [6.45, 7) is 11.5. The third-order valence-corrected chi connectivity index (χ3v) is 4.86. The van der Waals surface area contributed by atoms with E-state index in [0.29, 0.717) is 0 Å². The minimum absolute atomic E-state index is 0.750. The van der Waals surface area contributed by atoms with E-state index in [1.807, 2.05) is 30.5 Å². The lowest BCUT2D eigenvalue weighted by Gasteiger charge is -2.31.